The molecule has 0 bridgehead atoms. The van der Waals surface area contributed by atoms with Crippen molar-refractivity contribution >= 4 is 5.69 Å². The van der Waals surface area contributed by atoms with E-state index < -0.39 is 0 Å². The number of nitrogens with one attached hydrogen (secondary N) is 1. The van der Waals surface area contributed by atoms with E-state index in [0.717, 1.165) is 22.6 Å². The monoisotopic (exact) mass is 283 g/mol. The summed E-state index contributed by atoms with van der Waals surface area (Å²) in [5.41, 5.74) is 3.35. The van der Waals surface area contributed by atoms with Gasteiger partial charge >= 0.3 is 0 Å². The number of ether oxygens (including phenoxy) is 2. The summed E-state index contributed by atoms with van der Waals surface area (Å²) in [7, 11) is 1.70. The van der Waals surface area contributed by atoms with Crippen LogP contribution in [-0.2, 0) is 17.9 Å². The molecule has 3 nitrogen and oxygen atoms in total. The minimum atomic E-state index is 0.514. The smallest absolute Gasteiger partial charge is 0.124 e. The number of para-hydroxylation sites is 1. The van der Waals surface area contributed by atoms with Gasteiger partial charge in [-0.25, -0.2) is 0 Å². The fraction of sp³-hybridized carbons (Fsp3) is 0.222. The first-order chi connectivity index (χ1) is 10.3. The van der Waals surface area contributed by atoms with Gasteiger partial charge in [0, 0.05) is 24.9 Å². The average molecular weight is 283 g/mol. The molecule has 2 aromatic carbocycles. The van der Waals surface area contributed by atoms with Crippen molar-refractivity contribution < 1.29 is 9.47 Å². The van der Waals surface area contributed by atoms with Gasteiger partial charge < -0.3 is 14.8 Å². The zero-order valence-corrected chi connectivity index (χ0v) is 12.3. The van der Waals surface area contributed by atoms with Crippen molar-refractivity contribution in [1.82, 2.24) is 0 Å². The third-order valence-corrected chi connectivity index (χ3v) is 3.05. The number of anilines is 1. The summed E-state index contributed by atoms with van der Waals surface area (Å²) in [5.74, 6) is 0.887. The molecule has 0 amide bonds. The van der Waals surface area contributed by atoms with Crippen LogP contribution in [0.25, 0.3) is 0 Å². The Hall–Kier alpha value is -2.26. The molecule has 0 unspecified atom stereocenters. The average Bonchev–Trinajstić information content (AvgIpc) is 2.52. The molecule has 0 saturated heterocycles. The van der Waals surface area contributed by atoms with Gasteiger partial charge in [0.15, 0.2) is 0 Å². The van der Waals surface area contributed by atoms with Crippen molar-refractivity contribution in [2.24, 2.45) is 0 Å². The molecular weight excluding hydrogens is 262 g/mol. The highest BCUT2D eigenvalue weighted by Crippen LogP contribution is 2.20. The Kier molecular flexibility index (Phi) is 5.85. The van der Waals surface area contributed by atoms with Gasteiger partial charge in [-0.05, 0) is 23.8 Å². The van der Waals surface area contributed by atoms with Crippen LogP contribution in [0.1, 0.15) is 11.1 Å². The first-order valence-electron chi connectivity index (χ1n) is 6.97. The van der Waals surface area contributed by atoms with Gasteiger partial charge in [-0.15, -0.1) is 0 Å². The Bertz CT molecular complexity index is 581. The molecule has 0 heterocycles. The third kappa shape index (κ3) is 4.65. The van der Waals surface area contributed by atoms with Gasteiger partial charge in [-0.1, -0.05) is 43.0 Å². The van der Waals surface area contributed by atoms with Crippen molar-refractivity contribution in [3.8, 4) is 5.75 Å². The van der Waals surface area contributed by atoms with Crippen LogP contribution >= 0.6 is 0 Å². The summed E-state index contributed by atoms with van der Waals surface area (Å²) in [5, 5.41) is 3.42. The lowest BCUT2D eigenvalue weighted by Crippen LogP contribution is -2.03. The van der Waals surface area contributed by atoms with E-state index >= 15 is 0 Å². The largest absolute Gasteiger partial charge is 0.489 e. The number of methoxy groups -OCH3 is 1. The Morgan fingerprint density at radius 1 is 1.14 bits per heavy atom. The maximum atomic E-state index is 5.66. The highest BCUT2D eigenvalue weighted by Gasteiger charge is 2.02. The van der Waals surface area contributed by atoms with Gasteiger partial charge in [0.1, 0.15) is 12.4 Å². The fourth-order valence-electron chi connectivity index (χ4n) is 2.07. The molecule has 1 N–H and O–H groups in total. The highest BCUT2D eigenvalue weighted by molar-refractivity contribution is 5.47. The Balaban J connectivity index is 2.02. The molecule has 0 aliphatic heterocycles. The summed E-state index contributed by atoms with van der Waals surface area (Å²) in [6.45, 7) is 5.52. The first-order valence-corrected chi connectivity index (χ1v) is 6.97. The van der Waals surface area contributed by atoms with E-state index in [2.05, 4.69) is 30.1 Å². The Labute approximate surface area is 126 Å². The molecule has 21 heavy (non-hydrogen) atoms. The minimum absolute atomic E-state index is 0.514. The molecule has 2 aromatic rings. The molecule has 2 rings (SSSR count). The van der Waals surface area contributed by atoms with E-state index in [9.17, 15) is 0 Å². The van der Waals surface area contributed by atoms with E-state index in [1.807, 2.05) is 30.3 Å². The zero-order chi connectivity index (χ0) is 14.9. The van der Waals surface area contributed by atoms with Gasteiger partial charge in [0.25, 0.3) is 0 Å². The third-order valence-electron chi connectivity index (χ3n) is 3.05. The fourth-order valence-corrected chi connectivity index (χ4v) is 2.07. The molecule has 3 heteroatoms. The van der Waals surface area contributed by atoms with Crippen molar-refractivity contribution in [3.05, 3.63) is 72.3 Å². The maximum absolute atomic E-state index is 5.66. The molecular formula is C18H21NO2. The summed E-state index contributed by atoms with van der Waals surface area (Å²) < 4.78 is 10.8. The molecule has 0 aliphatic rings. The topological polar surface area (TPSA) is 30.5 Å². The Morgan fingerprint density at radius 3 is 2.81 bits per heavy atom. The predicted molar refractivity (Wildman–Crippen MR) is 86.6 cm³/mol. The van der Waals surface area contributed by atoms with E-state index in [1.165, 1.54) is 0 Å². The second-order valence-electron chi connectivity index (χ2n) is 4.69. The molecule has 0 aromatic heterocycles. The van der Waals surface area contributed by atoms with Crippen molar-refractivity contribution in [3.63, 3.8) is 0 Å². The lowest BCUT2D eigenvalue weighted by atomic mass is 10.1. The SMILES string of the molecule is C=CCOc1ccccc1CNc1cccc(COC)c1. The number of rotatable bonds is 8. The Morgan fingerprint density at radius 2 is 2.00 bits per heavy atom. The lowest BCUT2D eigenvalue weighted by Gasteiger charge is -2.12. The quantitative estimate of drug-likeness (QED) is 0.742. The highest BCUT2D eigenvalue weighted by atomic mass is 16.5. The van der Waals surface area contributed by atoms with Crippen LogP contribution in [0.4, 0.5) is 5.69 Å². The van der Waals surface area contributed by atoms with Crippen LogP contribution in [0.2, 0.25) is 0 Å². The van der Waals surface area contributed by atoms with Gasteiger partial charge in [-0.2, -0.15) is 0 Å². The normalized spacial score (nSPS) is 10.1. The summed E-state index contributed by atoms with van der Waals surface area (Å²) >= 11 is 0. The van der Waals surface area contributed by atoms with Crippen LogP contribution in [0.5, 0.6) is 5.75 Å². The standard InChI is InChI=1S/C18H21NO2/c1-3-11-21-18-10-5-4-8-16(18)13-19-17-9-6-7-15(12-17)14-20-2/h3-10,12,19H,1,11,13-14H2,2H3. The van der Waals surface area contributed by atoms with Crippen LogP contribution < -0.4 is 10.1 Å². The van der Waals surface area contributed by atoms with Crippen LogP contribution in [0.3, 0.4) is 0 Å². The van der Waals surface area contributed by atoms with Crippen molar-refractivity contribution in [2.45, 2.75) is 13.2 Å². The first kappa shape index (κ1) is 15.1. The molecule has 0 fully saturated rings. The van der Waals surface area contributed by atoms with Gasteiger partial charge in [0.05, 0.1) is 6.61 Å². The molecule has 0 radical (unpaired) electrons. The van der Waals surface area contributed by atoms with Crippen LogP contribution in [0, 0.1) is 0 Å². The van der Waals surface area contributed by atoms with E-state index in [0.29, 0.717) is 19.8 Å². The number of benzene rings is 2. The van der Waals surface area contributed by atoms with E-state index in [-0.39, 0.29) is 0 Å². The van der Waals surface area contributed by atoms with Gasteiger partial charge in [-0.3, -0.25) is 0 Å². The molecule has 110 valence electrons. The maximum Gasteiger partial charge on any atom is 0.124 e. The van der Waals surface area contributed by atoms with E-state index in [4.69, 9.17) is 9.47 Å². The summed E-state index contributed by atoms with van der Waals surface area (Å²) in [6.07, 6.45) is 1.75. The van der Waals surface area contributed by atoms with E-state index in [1.54, 1.807) is 13.2 Å². The van der Waals surface area contributed by atoms with Crippen LogP contribution in [0.15, 0.2) is 61.2 Å². The summed E-state index contributed by atoms with van der Waals surface area (Å²) in [4.78, 5) is 0. The minimum Gasteiger partial charge on any atom is -0.489 e. The van der Waals surface area contributed by atoms with Gasteiger partial charge in [0.2, 0.25) is 0 Å². The number of hydrogen-bond acceptors (Lipinski definition) is 3. The van der Waals surface area contributed by atoms with Crippen molar-refractivity contribution in [2.75, 3.05) is 19.0 Å². The summed E-state index contributed by atoms with van der Waals surface area (Å²) in [6, 6.07) is 16.2. The zero-order valence-electron chi connectivity index (χ0n) is 12.3. The van der Waals surface area contributed by atoms with Crippen molar-refractivity contribution in [1.29, 1.82) is 0 Å². The molecule has 0 saturated carbocycles. The lowest BCUT2D eigenvalue weighted by molar-refractivity contribution is 0.185. The molecule has 0 spiro atoms. The van der Waals surface area contributed by atoms with Crippen LogP contribution in [-0.4, -0.2) is 13.7 Å². The molecule has 0 atom stereocenters. The predicted octanol–water partition coefficient (Wildman–Crippen LogP) is 4.01. The second kappa shape index (κ2) is 8.12. The number of hydrogen-bond donors (Lipinski definition) is 1. The second-order valence-corrected chi connectivity index (χ2v) is 4.69. The molecule has 0 aliphatic carbocycles.